The highest BCUT2D eigenvalue weighted by Gasteiger charge is 2.37. The van der Waals surface area contributed by atoms with E-state index in [4.69, 9.17) is 16.3 Å². The Balaban J connectivity index is 1.75. The number of halogens is 1. The molecule has 0 amide bonds. The zero-order valence-corrected chi connectivity index (χ0v) is 17.8. The quantitative estimate of drug-likeness (QED) is 0.426. The molecule has 5 rings (SSSR count). The Hall–Kier alpha value is -2.57. The molecule has 0 spiro atoms. The second-order valence-electron chi connectivity index (χ2n) is 7.51. The van der Waals surface area contributed by atoms with Crippen LogP contribution in [0.3, 0.4) is 0 Å². The van der Waals surface area contributed by atoms with Gasteiger partial charge in [-0.2, -0.15) is 0 Å². The van der Waals surface area contributed by atoms with Crippen LogP contribution in [0, 0.1) is 6.92 Å². The Kier molecular flexibility index (Phi) is 4.71. The van der Waals surface area contributed by atoms with Crippen LogP contribution in [0.25, 0.3) is 33.1 Å². The van der Waals surface area contributed by atoms with Crippen LogP contribution < -0.4 is 4.74 Å². The van der Waals surface area contributed by atoms with Crippen molar-refractivity contribution in [3.8, 4) is 16.9 Å². The Morgan fingerprint density at radius 1 is 1.20 bits per heavy atom. The van der Waals surface area contributed by atoms with Crippen LogP contribution in [0.15, 0.2) is 53.6 Å². The standard InChI is InChI=1S/C23H20ClN2O3S/c1-2-10-29-20-9-8-18(21-19-12-15(24)13-25-23(19)26-22(20)21)14-4-3-5-17(11-14)30(27,28)16-6-7-16/h3-5,8-9,11-13,16H,1-2,6-7,10H2,(H,25,26). The van der Waals surface area contributed by atoms with Crippen molar-refractivity contribution in [3.63, 3.8) is 0 Å². The van der Waals surface area contributed by atoms with Crippen LogP contribution in [-0.4, -0.2) is 30.2 Å². The van der Waals surface area contributed by atoms with E-state index in [1.807, 2.05) is 24.3 Å². The Labute approximate surface area is 180 Å². The van der Waals surface area contributed by atoms with E-state index in [2.05, 4.69) is 16.9 Å². The SMILES string of the molecule is [CH2]CCOc1ccc(-c2cccc(S(=O)(=O)C3CC3)c2)c2c1[nH]c1ncc(Cl)cc12. The van der Waals surface area contributed by atoms with Crippen molar-refractivity contribution >= 4 is 43.4 Å². The fraction of sp³-hybridized carbons (Fsp3) is 0.217. The van der Waals surface area contributed by atoms with E-state index in [0.29, 0.717) is 34.3 Å². The van der Waals surface area contributed by atoms with Gasteiger partial charge in [0.05, 0.1) is 27.3 Å². The summed E-state index contributed by atoms with van der Waals surface area (Å²) in [4.78, 5) is 8.11. The fourth-order valence-corrected chi connectivity index (χ4v) is 5.65. The second kappa shape index (κ2) is 7.29. The number of nitrogens with zero attached hydrogens (tertiary/aromatic N) is 1. The number of sulfone groups is 1. The van der Waals surface area contributed by atoms with Crippen molar-refractivity contribution in [1.82, 2.24) is 9.97 Å². The van der Waals surface area contributed by atoms with Gasteiger partial charge in [-0.1, -0.05) is 23.7 Å². The first-order chi connectivity index (χ1) is 14.5. The Bertz CT molecular complexity index is 1370. The number of ether oxygens (including phenoxy) is 1. The number of aromatic nitrogens is 2. The normalized spacial score (nSPS) is 14.5. The van der Waals surface area contributed by atoms with Gasteiger partial charge in [0.1, 0.15) is 11.4 Å². The summed E-state index contributed by atoms with van der Waals surface area (Å²) in [5, 5.41) is 2.05. The predicted molar refractivity (Wildman–Crippen MR) is 120 cm³/mol. The number of pyridine rings is 1. The maximum atomic E-state index is 12.8. The number of nitrogens with one attached hydrogen (secondary N) is 1. The molecule has 0 aliphatic heterocycles. The zero-order chi connectivity index (χ0) is 20.9. The number of fused-ring (bicyclic) bond motifs is 3. The number of benzene rings is 2. The van der Waals surface area contributed by atoms with Gasteiger partial charge in [0.25, 0.3) is 0 Å². The molecule has 0 atom stereocenters. The maximum absolute atomic E-state index is 12.8. The number of aromatic amines is 1. The topological polar surface area (TPSA) is 72.1 Å². The second-order valence-corrected chi connectivity index (χ2v) is 10.2. The number of hydrogen-bond acceptors (Lipinski definition) is 4. The summed E-state index contributed by atoms with van der Waals surface area (Å²) >= 11 is 6.23. The molecule has 2 aromatic heterocycles. The maximum Gasteiger partial charge on any atom is 0.181 e. The molecule has 2 aromatic carbocycles. The third-order valence-electron chi connectivity index (χ3n) is 5.37. The fourth-order valence-electron chi connectivity index (χ4n) is 3.79. The third kappa shape index (κ3) is 3.24. The average molecular weight is 440 g/mol. The summed E-state index contributed by atoms with van der Waals surface area (Å²) in [5.41, 5.74) is 3.23. The van der Waals surface area contributed by atoms with Gasteiger partial charge >= 0.3 is 0 Å². The predicted octanol–water partition coefficient (Wildman–Crippen LogP) is 5.58. The van der Waals surface area contributed by atoms with Crippen molar-refractivity contribution in [2.45, 2.75) is 29.4 Å². The summed E-state index contributed by atoms with van der Waals surface area (Å²) in [6.07, 6.45) is 3.72. The zero-order valence-electron chi connectivity index (χ0n) is 16.2. The first-order valence-electron chi connectivity index (χ1n) is 9.85. The molecule has 7 heteroatoms. The molecule has 0 bridgehead atoms. The Morgan fingerprint density at radius 3 is 2.80 bits per heavy atom. The van der Waals surface area contributed by atoms with Crippen molar-refractivity contribution in [2.75, 3.05) is 6.61 Å². The molecule has 1 N–H and O–H groups in total. The first-order valence-corrected chi connectivity index (χ1v) is 11.8. The summed E-state index contributed by atoms with van der Waals surface area (Å²) in [6.45, 7) is 4.32. The lowest BCUT2D eigenvalue weighted by atomic mass is 9.99. The van der Waals surface area contributed by atoms with Crippen molar-refractivity contribution in [3.05, 3.63) is 60.6 Å². The number of hydrogen-bond donors (Lipinski definition) is 1. The van der Waals surface area contributed by atoms with Crippen LogP contribution >= 0.6 is 11.6 Å². The minimum absolute atomic E-state index is 0.248. The smallest absolute Gasteiger partial charge is 0.181 e. The lowest BCUT2D eigenvalue weighted by Gasteiger charge is -2.11. The summed E-state index contributed by atoms with van der Waals surface area (Å²) in [7, 11) is -3.28. The molecule has 1 aliphatic carbocycles. The van der Waals surface area contributed by atoms with Gasteiger partial charge in [-0.15, -0.1) is 0 Å². The number of rotatable bonds is 6. The van der Waals surface area contributed by atoms with Crippen molar-refractivity contribution in [2.24, 2.45) is 0 Å². The Morgan fingerprint density at radius 2 is 2.03 bits per heavy atom. The third-order valence-corrected chi connectivity index (χ3v) is 7.84. The van der Waals surface area contributed by atoms with Crippen LogP contribution in [0.5, 0.6) is 5.75 Å². The number of H-pyrrole nitrogens is 1. The van der Waals surface area contributed by atoms with Gasteiger partial charge in [0, 0.05) is 17.0 Å². The minimum Gasteiger partial charge on any atom is -0.491 e. The molecule has 5 nitrogen and oxygen atoms in total. The largest absolute Gasteiger partial charge is 0.491 e. The molecule has 30 heavy (non-hydrogen) atoms. The van der Waals surface area contributed by atoms with Crippen molar-refractivity contribution < 1.29 is 13.2 Å². The highest BCUT2D eigenvalue weighted by atomic mass is 35.5. The van der Waals surface area contributed by atoms with Crippen LogP contribution in [-0.2, 0) is 9.84 Å². The first kappa shape index (κ1) is 19.4. The van der Waals surface area contributed by atoms with Crippen LogP contribution in [0.2, 0.25) is 5.02 Å². The summed E-state index contributed by atoms with van der Waals surface area (Å²) in [6, 6.07) is 12.9. The molecule has 4 aromatic rings. The van der Waals surface area contributed by atoms with Gasteiger partial charge < -0.3 is 9.72 Å². The van der Waals surface area contributed by atoms with Gasteiger partial charge in [0.2, 0.25) is 0 Å². The van der Waals surface area contributed by atoms with Gasteiger partial charge in [-0.05, 0) is 67.6 Å². The monoisotopic (exact) mass is 439 g/mol. The van der Waals surface area contributed by atoms with Gasteiger partial charge in [0.15, 0.2) is 9.84 Å². The molecule has 1 saturated carbocycles. The molecular formula is C23H20ClN2O3S. The lowest BCUT2D eigenvalue weighted by Crippen LogP contribution is -2.06. The average Bonchev–Trinajstić information content (AvgIpc) is 3.54. The highest BCUT2D eigenvalue weighted by Crippen LogP contribution is 2.41. The summed E-state index contributed by atoms with van der Waals surface area (Å²) in [5.74, 6) is 0.702. The van der Waals surface area contributed by atoms with E-state index in [1.54, 1.807) is 24.4 Å². The minimum atomic E-state index is -3.28. The molecular weight excluding hydrogens is 420 g/mol. The highest BCUT2D eigenvalue weighted by molar-refractivity contribution is 7.92. The molecule has 2 heterocycles. The van der Waals surface area contributed by atoms with E-state index in [9.17, 15) is 8.42 Å². The van der Waals surface area contributed by atoms with Gasteiger partial charge in [-0.25, -0.2) is 13.4 Å². The van der Waals surface area contributed by atoms with E-state index in [1.165, 1.54) is 0 Å². The molecule has 153 valence electrons. The van der Waals surface area contributed by atoms with E-state index >= 15 is 0 Å². The van der Waals surface area contributed by atoms with E-state index in [-0.39, 0.29) is 5.25 Å². The lowest BCUT2D eigenvalue weighted by molar-refractivity contribution is 0.327. The summed E-state index contributed by atoms with van der Waals surface area (Å²) < 4.78 is 31.4. The van der Waals surface area contributed by atoms with Crippen LogP contribution in [0.4, 0.5) is 0 Å². The molecule has 1 radical (unpaired) electrons. The molecule has 1 fully saturated rings. The molecule has 1 aliphatic rings. The van der Waals surface area contributed by atoms with E-state index < -0.39 is 9.84 Å². The molecule has 0 unspecified atom stereocenters. The van der Waals surface area contributed by atoms with Crippen LogP contribution in [0.1, 0.15) is 19.3 Å². The molecule has 0 saturated heterocycles. The van der Waals surface area contributed by atoms with E-state index in [0.717, 1.165) is 40.3 Å². The van der Waals surface area contributed by atoms with Crippen molar-refractivity contribution in [1.29, 1.82) is 0 Å². The van der Waals surface area contributed by atoms with Gasteiger partial charge in [-0.3, -0.25) is 0 Å².